The molecule has 3 rings (SSSR count). The third-order valence-corrected chi connectivity index (χ3v) is 3.65. The summed E-state index contributed by atoms with van der Waals surface area (Å²) in [5.74, 6) is 0. The fraction of sp³-hybridized carbons (Fsp3) is 0.412. The molecule has 0 radical (unpaired) electrons. The lowest BCUT2D eigenvalue weighted by Crippen LogP contribution is -2.19. The van der Waals surface area contributed by atoms with Gasteiger partial charge in [-0.2, -0.15) is 0 Å². The van der Waals surface area contributed by atoms with E-state index in [9.17, 15) is 0 Å². The van der Waals surface area contributed by atoms with Crippen molar-refractivity contribution in [3.63, 3.8) is 0 Å². The monoisotopic (exact) mass is 282 g/mol. The highest BCUT2D eigenvalue weighted by Crippen LogP contribution is 2.19. The van der Waals surface area contributed by atoms with Crippen LogP contribution in [0, 0.1) is 0 Å². The van der Waals surface area contributed by atoms with Crippen LogP contribution in [0.1, 0.15) is 29.8 Å². The summed E-state index contributed by atoms with van der Waals surface area (Å²) in [4.78, 5) is 11.1. The molecule has 0 unspecified atom stereocenters. The van der Waals surface area contributed by atoms with E-state index >= 15 is 0 Å². The maximum Gasteiger partial charge on any atom is 0.0544 e. The highest BCUT2D eigenvalue weighted by atomic mass is 15.1. The van der Waals surface area contributed by atoms with Crippen molar-refractivity contribution >= 4 is 0 Å². The molecular weight excluding hydrogens is 260 g/mol. The Morgan fingerprint density at radius 1 is 1.10 bits per heavy atom. The Kier molecular flexibility index (Phi) is 4.58. The summed E-state index contributed by atoms with van der Waals surface area (Å²) in [5, 5.41) is 3.51. The molecule has 2 aromatic heterocycles. The number of rotatable bonds is 7. The van der Waals surface area contributed by atoms with Crippen molar-refractivity contribution in [3.8, 4) is 0 Å². The SMILES string of the molecule is CN(Cc1ccccn1)Cc1ccc(CNC2CC2)cn1. The van der Waals surface area contributed by atoms with E-state index in [4.69, 9.17) is 0 Å². The quantitative estimate of drug-likeness (QED) is 0.846. The zero-order valence-electron chi connectivity index (χ0n) is 12.5. The number of pyridine rings is 2. The standard InChI is InChI=1S/C17H22N4/c1-21(12-16-4-2-3-9-18-16)13-17-6-5-14(11-20-17)10-19-15-7-8-15/h2-6,9,11,15,19H,7-8,10,12-13H2,1H3. The molecule has 0 spiro atoms. The molecule has 0 atom stereocenters. The van der Waals surface area contributed by atoms with Crippen molar-refractivity contribution in [2.24, 2.45) is 0 Å². The molecule has 4 heteroatoms. The van der Waals surface area contributed by atoms with Crippen LogP contribution in [0.15, 0.2) is 42.7 Å². The minimum absolute atomic E-state index is 0.745. The smallest absolute Gasteiger partial charge is 0.0544 e. The summed E-state index contributed by atoms with van der Waals surface area (Å²) in [6, 6.07) is 11.1. The van der Waals surface area contributed by atoms with E-state index in [2.05, 4.69) is 45.4 Å². The van der Waals surface area contributed by atoms with Gasteiger partial charge in [0.25, 0.3) is 0 Å². The topological polar surface area (TPSA) is 41.1 Å². The molecular formula is C17H22N4. The van der Waals surface area contributed by atoms with Crippen LogP contribution in [0.25, 0.3) is 0 Å². The maximum atomic E-state index is 4.56. The zero-order valence-corrected chi connectivity index (χ0v) is 12.5. The van der Waals surface area contributed by atoms with Crippen LogP contribution in [0.4, 0.5) is 0 Å². The first-order valence-corrected chi connectivity index (χ1v) is 7.55. The summed E-state index contributed by atoms with van der Waals surface area (Å²) in [7, 11) is 2.10. The molecule has 0 bridgehead atoms. The Morgan fingerprint density at radius 2 is 1.90 bits per heavy atom. The Hall–Kier alpha value is -1.78. The number of aromatic nitrogens is 2. The molecule has 4 nitrogen and oxygen atoms in total. The second-order valence-corrected chi connectivity index (χ2v) is 5.81. The van der Waals surface area contributed by atoms with Crippen LogP contribution in [-0.4, -0.2) is 28.0 Å². The van der Waals surface area contributed by atoms with Gasteiger partial charge < -0.3 is 5.32 Å². The van der Waals surface area contributed by atoms with E-state index in [-0.39, 0.29) is 0 Å². The summed E-state index contributed by atoms with van der Waals surface area (Å²) in [6.45, 7) is 2.61. The van der Waals surface area contributed by atoms with E-state index in [1.165, 1.54) is 18.4 Å². The van der Waals surface area contributed by atoms with Crippen LogP contribution < -0.4 is 5.32 Å². The predicted octanol–water partition coefficient (Wildman–Crippen LogP) is 2.36. The van der Waals surface area contributed by atoms with E-state index in [1.54, 1.807) is 0 Å². The largest absolute Gasteiger partial charge is 0.310 e. The van der Waals surface area contributed by atoms with Gasteiger partial charge in [-0.05, 0) is 43.7 Å². The van der Waals surface area contributed by atoms with Crippen molar-refractivity contribution in [2.45, 2.75) is 38.5 Å². The van der Waals surface area contributed by atoms with Gasteiger partial charge in [0, 0.05) is 38.1 Å². The lowest BCUT2D eigenvalue weighted by molar-refractivity contribution is 0.311. The molecule has 1 fully saturated rings. The van der Waals surface area contributed by atoms with Gasteiger partial charge in [0.2, 0.25) is 0 Å². The first kappa shape index (κ1) is 14.2. The molecule has 1 aliphatic carbocycles. The van der Waals surface area contributed by atoms with Crippen molar-refractivity contribution < 1.29 is 0 Å². The minimum atomic E-state index is 0.745. The molecule has 110 valence electrons. The third kappa shape index (κ3) is 4.62. The van der Waals surface area contributed by atoms with E-state index < -0.39 is 0 Å². The van der Waals surface area contributed by atoms with Gasteiger partial charge in [-0.25, -0.2) is 0 Å². The van der Waals surface area contributed by atoms with Crippen LogP contribution in [0.5, 0.6) is 0 Å². The van der Waals surface area contributed by atoms with Crippen molar-refractivity contribution in [2.75, 3.05) is 7.05 Å². The normalized spacial score (nSPS) is 14.6. The molecule has 1 saturated carbocycles. The van der Waals surface area contributed by atoms with Crippen molar-refractivity contribution in [1.82, 2.24) is 20.2 Å². The fourth-order valence-corrected chi connectivity index (χ4v) is 2.30. The lowest BCUT2D eigenvalue weighted by Gasteiger charge is -2.15. The van der Waals surface area contributed by atoms with Gasteiger partial charge >= 0.3 is 0 Å². The average molecular weight is 282 g/mol. The Bertz CT molecular complexity index is 549. The first-order chi connectivity index (χ1) is 10.3. The highest BCUT2D eigenvalue weighted by molar-refractivity contribution is 5.14. The molecule has 1 N–H and O–H groups in total. The Morgan fingerprint density at radius 3 is 2.52 bits per heavy atom. The van der Waals surface area contributed by atoms with Crippen LogP contribution in [0.2, 0.25) is 0 Å². The lowest BCUT2D eigenvalue weighted by atomic mass is 10.2. The summed E-state index contributed by atoms with van der Waals surface area (Å²) in [6.07, 6.45) is 6.47. The van der Waals surface area contributed by atoms with Gasteiger partial charge in [0.05, 0.1) is 11.4 Å². The van der Waals surface area contributed by atoms with Crippen molar-refractivity contribution in [3.05, 3.63) is 59.7 Å². The summed E-state index contributed by atoms with van der Waals surface area (Å²) >= 11 is 0. The summed E-state index contributed by atoms with van der Waals surface area (Å²) < 4.78 is 0. The first-order valence-electron chi connectivity index (χ1n) is 7.55. The highest BCUT2D eigenvalue weighted by Gasteiger charge is 2.19. The molecule has 0 amide bonds. The Labute approximate surface area is 126 Å². The van der Waals surface area contributed by atoms with Gasteiger partial charge in [0.15, 0.2) is 0 Å². The van der Waals surface area contributed by atoms with E-state index in [0.29, 0.717) is 0 Å². The number of nitrogens with one attached hydrogen (secondary N) is 1. The molecule has 1 aliphatic rings. The zero-order chi connectivity index (χ0) is 14.5. The summed E-state index contributed by atoms with van der Waals surface area (Å²) in [5.41, 5.74) is 3.45. The van der Waals surface area contributed by atoms with Crippen LogP contribution >= 0.6 is 0 Å². The molecule has 0 saturated heterocycles. The van der Waals surface area contributed by atoms with E-state index in [0.717, 1.165) is 37.1 Å². The van der Waals surface area contributed by atoms with Crippen LogP contribution in [0.3, 0.4) is 0 Å². The van der Waals surface area contributed by atoms with Crippen LogP contribution in [-0.2, 0) is 19.6 Å². The van der Waals surface area contributed by atoms with Gasteiger partial charge in [-0.3, -0.25) is 14.9 Å². The van der Waals surface area contributed by atoms with Gasteiger partial charge in [-0.1, -0.05) is 12.1 Å². The van der Waals surface area contributed by atoms with Gasteiger partial charge in [0.1, 0.15) is 0 Å². The third-order valence-electron chi connectivity index (χ3n) is 3.65. The second-order valence-electron chi connectivity index (χ2n) is 5.81. The van der Waals surface area contributed by atoms with E-state index in [1.807, 2.05) is 24.5 Å². The van der Waals surface area contributed by atoms with Gasteiger partial charge in [-0.15, -0.1) is 0 Å². The minimum Gasteiger partial charge on any atom is -0.310 e. The molecule has 0 aromatic carbocycles. The van der Waals surface area contributed by atoms with Crippen molar-refractivity contribution in [1.29, 1.82) is 0 Å². The second kappa shape index (κ2) is 6.78. The Balaban J connectivity index is 1.49. The molecule has 21 heavy (non-hydrogen) atoms. The number of hydrogen-bond acceptors (Lipinski definition) is 4. The molecule has 0 aliphatic heterocycles. The molecule has 2 heterocycles. The maximum absolute atomic E-state index is 4.56. The number of hydrogen-bond donors (Lipinski definition) is 1. The average Bonchev–Trinajstić information content (AvgIpc) is 3.32. The molecule has 2 aromatic rings. The fourth-order valence-electron chi connectivity index (χ4n) is 2.30. The predicted molar refractivity (Wildman–Crippen MR) is 83.5 cm³/mol. The number of nitrogens with zero attached hydrogens (tertiary/aromatic N) is 3.